The molecular formula is C15H16N2. The van der Waals surface area contributed by atoms with Gasteiger partial charge in [-0.05, 0) is 36.2 Å². The minimum atomic E-state index is 0.928. The molecule has 0 spiro atoms. The van der Waals surface area contributed by atoms with E-state index in [1.165, 1.54) is 22.5 Å². The second kappa shape index (κ2) is 4.60. The molecule has 2 N–H and O–H groups in total. The molecule has 86 valence electrons. The van der Waals surface area contributed by atoms with Gasteiger partial charge in [-0.1, -0.05) is 36.4 Å². The number of hydrogen-bond acceptors (Lipinski definition) is 2. The number of anilines is 2. The Labute approximate surface area is 102 Å². The Hall–Kier alpha value is -1.80. The smallest absolute Gasteiger partial charge is 0.0429 e. The van der Waals surface area contributed by atoms with Crippen molar-refractivity contribution >= 4 is 11.4 Å². The van der Waals surface area contributed by atoms with Gasteiger partial charge in [-0.2, -0.15) is 0 Å². The van der Waals surface area contributed by atoms with Crippen LogP contribution in [0.15, 0.2) is 48.5 Å². The van der Waals surface area contributed by atoms with E-state index in [1.807, 2.05) is 0 Å². The molecule has 0 aliphatic carbocycles. The Morgan fingerprint density at radius 2 is 1.41 bits per heavy atom. The zero-order chi connectivity index (χ0) is 11.5. The Morgan fingerprint density at radius 1 is 0.765 bits per heavy atom. The van der Waals surface area contributed by atoms with E-state index in [4.69, 9.17) is 0 Å². The van der Waals surface area contributed by atoms with E-state index >= 15 is 0 Å². The van der Waals surface area contributed by atoms with Crippen molar-refractivity contribution in [2.45, 2.75) is 13.0 Å². The van der Waals surface area contributed by atoms with Gasteiger partial charge in [0.2, 0.25) is 0 Å². The van der Waals surface area contributed by atoms with E-state index in [9.17, 15) is 0 Å². The molecule has 0 bridgehead atoms. The standard InChI is InChI=1S/C15H16N2/c1-3-7-14-12(5-1)9-10-16-11-13-6-2-4-8-15(13)17-14/h1-8,16-17H,9-11H2. The first-order valence-corrected chi connectivity index (χ1v) is 6.07. The summed E-state index contributed by atoms with van der Waals surface area (Å²) in [5, 5.41) is 7.03. The summed E-state index contributed by atoms with van der Waals surface area (Å²) in [6, 6.07) is 17.0. The van der Waals surface area contributed by atoms with Crippen LogP contribution in [0.5, 0.6) is 0 Å². The fourth-order valence-corrected chi connectivity index (χ4v) is 2.25. The van der Waals surface area contributed by atoms with E-state index in [-0.39, 0.29) is 0 Å². The molecule has 0 saturated carbocycles. The van der Waals surface area contributed by atoms with E-state index in [0.717, 1.165) is 19.5 Å². The molecule has 0 aromatic heterocycles. The van der Waals surface area contributed by atoms with Crippen molar-refractivity contribution in [1.82, 2.24) is 5.32 Å². The number of fused-ring (bicyclic) bond motifs is 2. The highest BCUT2D eigenvalue weighted by atomic mass is 14.9. The second-order valence-corrected chi connectivity index (χ2v) is 4.37. The molecule has 2 aromatic carbocycles. The van der Waals surface area contributed by atoms with Gasteiger partial charge in [0.1, 0.15) is 0 Å². The van der Waals surface area contributed by atoms with Gasteiger partial charge in [-0.3, -0.25) is 0 Å². The summed E-state index contributed by atoms with van der Waals surface area (Å²) in [6.45, 7) is 1.95. The van der Waals surface area contributed by atoms with Crippen molar-refractivity contribution in [1.29, 1.82) is 0 Å². The van der Waals surface area contributed by atoms with Crippen molar-refractivity contribution in [2.24, 2.45) is 0 Å². The SMILES string of the molecule is c1ccc2c(c1)CCNCc1ccccc1N2. The Kier molecular flexibility index (Phi) is 2.80. The Morgan fingerprint density at radius 3 is 2.24 bits per heavy atom. The van der Waals surface area contributed by atoms with Crippen LogP contribution in [0.25, 0.3) is 0 Å². The van der Waals surface area contributed by atoms with Crippen LogP contribution in [0.4, 0.5) is 11.4 Å². The summed E-state index contributed by atoms with van der Waals surface area (Å²) >= 11 is 0. The van der Waals surface area contributed by atoms with Crippen LogP contribution >= 0.6 is 0 Å². The molecule has 2 aromatic rings. The van der Waals surface area contributed by atoms with E-state index in [2.05, 4.69) is 59.2 Å². The third-order valence-corrected chi connectivity index (χ3v) is 3.19. The van der Waals surface area contributed by atoms with Gasteiger partial charge in [0.25, 0.3) is 0 Å². The number of para-hydroxylation sites is 2. The molecule has 3 rings (SSSR count). The molecule has 0 fully saturated rings. The molecule has 0 atom stereocenters. The van der Waals surface area contributed by atoms with Crippen molar-refractivity contribution < 1.29 is 0 Å². The van der Waals surface area contributed by atoms with Crippen LogP contribution in [0, 0.1) is 0 Å². The van der Waals surface area contributed by atoms with Crippen molar-refractivity contribution in [3.8, 4) is 0 Å². The maximum Gasteiger partial charge on any atom is 0.0429 e. The predicted octanol–water partition coefficient (Wildman–Crippen LogP) is 3.08. The van der Waals surface area contributed by atoms with Crippen LogP contribution in [-0.4, -0.2) is 6.54 Å². The molecule has 0 saturated heterocycles. The summed E-state index contributed by atoms with van der Waals surface area (Å²) in [4.78, 5) is 0. The third kappa shape index (κ3) is 2.17. The van der Waals surface area contributed by atoms with E-state index in [0.29, 0.717) is 0 Å². The highest BCUT2D eigenvalue weighted by Crippen LogP contribution is 2.25. The molecule has 2 nitrogen and oxygen atoms in total. The molecular weight excluding hydrogens is 208 g/mol. The normalized spacial score (nSPS) is 14.6. The lowest BCUT2D eigenvalue weighted by Gasteiger charge is -2.12. The zero-order valence-corrected chi connectivity index (χ0v) is 9.74. The summed E-state index contributed by atoms with van der Waals surface area (Å²) in [5.74, 6) is 0. The van der Waals surface area contributed by atoms with Gasteiger partial charge in [0, 0.05) is 17.9 Å². The zero-order valence-electron chi connectivity index (χ0n) is 9.74. The van der Waals surface area contributed by atoms with Gasteiger partial charge in [-0.25, -0.2) is 0 Å². The van der Waals surface area contributed by atoms with Crippen LogP contribution in [0.3, 0.4) is 0 Å². The first-order valence-electron chi connectivity index (χ1n) is 6.07. The lowest BCUT2D eigenvalue weighted by molar-refractivity contribution is 0.691. The number of nitrogens with one attached hydrogen (secondary N) is 2. The lowest BCUT2D eigenvalue weighted by Crippen LogP contribution is -2.16. The van der Waals surface area contributed by atoms with Crippen LogP contribution in [0.2, 0.25) is 0 Å². The Balaban J connectivity index is 2.04. The summed E-state index contributed by atoms with van der Waals surface area (Å²) < 4.78 is 0. The summed E-state index contributed by atoms with van der Waals surface area (Å²) in [5.41, 5.74) is 5.12. The van der Waals surface area contributed by atoms with Gasteiger partial charge in [0.05, 0.1) is 0 Å². The van der Waals surface area contributed by atoms with Crippen molar-refractivity contribution in [3.05, 3.63) is 59.7 Å². The molecule has 1 aliphatic rings. The minimum Gasteiger partial charge on any atom is -0.355 e. The molecule has 0 unspecified atom stereocenters. The lowest BCUT2D eigenvalue weighted by atomic mass is 10.1. The number of benzene rings is 2. The summed E-state index contributed by atoms with van der Waals surface area (Å²) in [7, 11) is 0. The first kappa shape index (κ1) is 10.4. The average Bonchev–Trinajstić information content (AvgIpc) is 2.46. The number of rotatable bonds is 0. The highest BCUT2D eigenvalue weighted by Gasteiger charge is 2.08. The Bertz CT molecular complexity index is 472. The summed E-state index contributed by atoms with van der Waals surface area (Å²) in [6.07, 6.45) is 1.07. The van der Waals surface area contributed by atoms with Crippen LogP contribution in [0.1, 0.15) is 11.1 Å². The average molecular weight is 224 g/mol. The fourth-order valence-electron chi connectivity index (χ4n) is 2.25. The largest absolute Gasteiger partial charge is 0.355 e. The van der Waals surface area contributed by atoms with Gasteiger partial charge >= 0.3 is 0 Å². The maximum atomic E-state index is 3.54. The predicted molar refractivity (Wildman–Crippen MR) is 71.6 cm³/mol. The van der Waals surface area contributed by atoms with E-state index < -0.39 is 0 Å². The van der Waals surface area contributed by atoms with Gasteiger partial charge in [-0.15, -0.1) is 0 Å². The van der Waals surface area contributed by atoms with Gasteiger partial charge < -0.3 is 10.6 Å². The van der Waals surface area contributed by atoms with Gasteiger partial charge in [0.15, 0.2) is 0 Å². The minimum absolute atomic E-state index is 0.928. The second-order valence-electron chi connectivity index (χ2n) is 4.37. The van der Waals surface area contributed by atoms with Crippen LogP contribution in [-0.2, 0) is 13.0 Å². The van der Waals surface area contributed by atoms with E-state index in [1.54, 1.807) is 0 Å². The third-order valence-electron chi connectivity index (χ3n) is 3.19. The molecule has 2 heteroatoms. The quantitative estimate of drug-likeness (QED) is 0.718. The molecule has 0 radical (unpaired) electrons. The molecule has 0 amide bonds. The highest BCUT2D eigenvalue weighted by molar-refractivity contribution is 5.66. The number of hydrogen-bond donors (Lipinski definition) is 2. The van der Waals surface area contributed by atoms with Crippen molar-refractivity contribution in [3.63, 3.8) is 0 Å². The monoisotopic (exact) mass is 224 g/mol. The first-order chi connectivity index (χ1) is 8.43. The fraction of sp³-hybridized carbons (Fsp3) is 0.200. The van der Waals surface area contributed by atoms with Crippen LogP contribution < -0.4 is 10.6 Å². The maximum absolute atomic E-state index is 3.54. The molecule has 1 heterocycles. The van der Waals surface area contributed by atoms with Crippen molar-refractivity contribution in [2.75, 3.05) is 11.9 Å². The molecule has 1 aliphatic heterocycles. The molecule has 17 heavy (non-hydrogen) atoms. The topological polar surface area (TPSA) is 24.1 Å².